The van der Waals surface area contributed by atoms with Crippen molar-refractivity contribution in [1.29, 1.82) is 0 Å². The molecule has 30 heavy (non-hydrogen) atoms. The average molecular weight is 425 g/mol. The van der Waals surface area contributed by atoms with Crippen LogP contribution in [0, 0.1) is 6.92 Å². The Labute approximate surface area is 177 Å². The van der Waals surface area contributed by atoms with Crippen LogP contribution < -0.4 is 14.4 Å². The van der Waals surface area contributed by atoms with E-state index in [1.807, 2.05) is 31.2 Å². The minimum atomic E-state index is -3.81. The lowest BCUT2D eigenvalue weighted by Crippen LogP contribution is -2.30. The third-order valence-corrected chi connectivity index (χ3v) is 6.58. The van der Waals surface area contributed by atoms with E-state index < -0.39 is 10.0 Å². The van der Waals surface area contributed by atoms with Gasteiger partial charge in [-0.25, -0.2) is 8.42 Å². The molecule has 0 fully saturated rings. The summed E-state index contributed by atoms with van der Waals surface area (Å²) < 4.78 is 32.6. The maximum absolute atomic E-state index is 13.1. The van der Waals surface area contributed by atoms with Gasteiger partial charge < -0.3 is 10.1 Å². The highest BCUT2D eigenvalue weighted by Crippen LogP contribution is 2.26. The van der Waals surface area contributed by atoms with E-state index in [4.69, 9.17) is 4.74 Å². The topological polar surface area (TPSA) is 75.7 Å². The normalized spacial score (nSPS) is 11.0. The number of nitrogens with one attached hydrogen (secondary N) is 1. The van der Waals surface area contributed by atoms with Crippen molar-refractivity contribution in [2.45, 2.75) is 18.4 Å². The number of carbonyl (C=O) groups is 1. The smallest absolute Gasteiger partial charge is 0.264 e. The lowest BCUT2D eigenvalue weighted by atomic mass is 10.1. The number of aryl methyl sites for hydroxylation is 1. The predicted molar refractivity (Wildman–Crippen MR) is 117 cm³/mol. The van der Waals surface area contributed by atoms with Gasteiger partial charge in [0, 0.05) is 19.2 Å². The molecule has 0 atom stereocenters. The Morgan fingerprint density at radius 2 is 1.60 bits per heavy atom. The van der Waals surface area contributed by atoms with Crippen LogP contribution in [0.25, 0.3) is 0 Å². The molecule has 7 heteroatoms. The number of ether oxygens (including phenoxy) is 1. The van der Waals surface area contributed by atoms with Gasteiger partial charge in [-0.2, -0.15) is 0 Å². The molecule has 0 aromatic heterocycles. The fraction of sp³-hybridized carbons (Fsp3) is 0.174. The van der Waals surface area contributed by atoms with Gasteiger partial charge in [-0.15, -0.1) is 0 Å². The number of carbonyl (C=O) groups excluding carboxylic acids is 1. The number of methoxy groups -OCH3 is 1. The number of hydrogen-bond donors (Lipinski definition) is 1. The Morgan fingerprint density at radius 3 is 2.30 bits per heavy atom. The van der Waals surface area contributed by atoms with Gasteiger partial charge in [-0.1, -0.05) is 48.0 Å². The third kappa shape index (κ3) is 4.46. The van der Waals surface area contributed by atoms with E-state index in [1.54, 1.807) is 55.6 Å². The minimum absolute atomic E-state index is 0.167. The summed E-state index contributed by atoms with van der Waals surface area (Å²) in [6.45, 7) is 2.15. The quantitative estimate of drug-likeness (QED) is 0.627. The Bertz CT molecular complexity index is 1140. The Morgan fingerprint density at radius 1 is 0.967 bits per heavy atom. The maximum Gasteiger partial charge on any atom is 0.264 e. The second-order valence-electron chi connectivity index (χ2n) is 6.80. The molecule has 0 saturated heterocycles. The number of anilines is 1. The molecule has 3 aromatic rings. The van der Waals surface area contributed by atoms with E-state index in [2.05, 4.69) is 5.32 Å². The van der Waals surface area contributed by atoms with E-state index in [1.165, 1.54) is 7.05 Å². The molecule has 0 aliphatic heterocycles. The molecule has 0 radical (unpaired) electrons. The standard InChI is InChI=1S/C23H24N2O4S/c1-17-12-14-19(15-13-17)30(27,28)25(2)21-10-6-5-9-20(21)23(26)24-16-18-8-4-7-11-22(18)29-3/h4-15H,16H2,1-3H3,(H,24,26). The SMILES string of the molecule is COc1ccccc1CNC(=O)c1ccccc1N(C)S(=O)(=O)c1ccc(C)cc1. The second-order valence-corrected chi connectivity index (χ2v) is 8.77. The van der Waals surface area contributed by atoms with Crippen molar-refractivity contribution in [3.05, 3.63) is 89.5 Å². The number of rotatable bonds is 7. The summed E-state index contributed by atoms with van der Waals surface area (Å²) in [6, 6.07) is 20.6. The zero-order chi connectivity index (χ0) is 21.7. The van der Waals surface area contributed by atoms with E-state index >= 15 is 0 Å². The van der Waals surface area contributed by atoms with Gasteiger partial charge in [0.25, 0.3) is 15.9 Å². The van der Waals surface area contributed by atoms with E-state index in [0.29, 0.717) is 11.4 Å². The zero-order valence-corrected chi connectivity index (χ0v) is 17.9. The molecular weight excluding hydrogens is 400 g/mol. The van der Waals surface area contributed by atoms with Crippen molar-refractivity contribution >= 4 is 21.6 Å². The number of hydrogen-bond acceptors (Lipinski definition) is 4. The summed E-state index contributed by atoms with van der Waals surface area (Å²) in [6.07, 6.45) is 0. The van der Waals surface area contributed by atoms with Crippen LogP contribution in [0.2, 0.25) is 0 Å². The molecule has 1 N–H and O–H groups in total. The Kier molecular flexibility index (Phi) is 6.42. The largest absolute Gasteiger partial charge is 0.496 e. The van der Waals surface area contributed by atoms with Crippen LogP contribution in [0.15, 0.2) is 77.7 Å². The first kappa shape index (κ1) is 21.4. The minimum Gasteiger partial charge on any atom is -0.496 e. The monoisotopic (exact) mass is 424 g/mol. The van der Waals surface area contributed by atoms with E-state index in [0.717, 1.165) is 15.4 Å². The first-order chi connectivity index (χ1) is 14.3. The number of amides is 1. The predicted octanol–water partition coefficient (Wildman–Crippen LogP) is 3.76. The van der Waals surface area contributed by atoms with Crippen LogP contribution in [0.5, 0.6) is 5.75 Å². The van der Waals surface area contributed by atoms with Crippen molar-refractivity contribution in [3.8, 4) is 5.75 Å². The second kappa shape index (κ2) is 9.00. The van der Waals surface area contributed by atoms with Crippen LogP contribution >= 0.6 is 0 Å². The van der Waals surface area contributed by atoms with Gasteiger partial charge in [0.2, 0.25) is 0 Å². The lowest BCUT2D eigenvalue weighted by Gasteiger charge is -2.22. The summed E-state index contributed by atoms with van der Waals surface area (Å²) in [7, 11) is -0.793. The molecule has 1 amide bonds. The fourth-order valence-corrected chi connectivity index (χ4v) is 4.27. The summed E-state index contributed by atoms with van der Waals surface area (Å²) in [5.41, 5.74) is 2.36. The Hall–Kier alpha value is -3.32. The first-order valence-electron chi connectivity index (χ1n) is 9.39. The van der Waals surface area contributed by atoms with Crippen molar-refractivity contribution in [3.63, 3.8) is 0 Å². The molecule has 0 saturated carbocycles. The molecular formula is C23H24N2O4S. The molecule has 0 bridgehead atoms. The summed E-state index contributed by atoms with van der Waals surface area (Å²) in [5, 5.41) is 2.84. The maximum atomic E-state index is 13.1. The van der Waals surface area contributed by atoms with Gasteiger partial charge in [0.05, 0.1) is 23.3 Å². The summed E-state index contributed by atoms with van der Waals surface area (Å²) >= 11 is 0. The van der Waals surface area contributed by atoms with E-state index in [-0.39, 0.29) is 22.9 Å². The van der Waals surface area contributed by atoms with Gasteiger partial charge in [0.15, 0.2) is 0 Å². The highest BCUT2D eigenvalue weighted by Gasteiger charge is 2.25. The molecule has 0 unspecified atom stereocenters. The molecule has 0 spiro atoms. The molecule has 6 nitrogen and oxygen atoms in total. The molecule has 0 aliphatic rings. The first-order valence-corrected chi connectivity index (χ1v) is 10.8. The van der Waals surface area contributed by atoms with Gasteiger partial charge in [-0.05, 0) is 37.3 Å². The van der Waals surface area contributed by atoms with Crippen LogP contribution in [0.1, 0.15) is 21.5 Å². The van der Waals surface area contributed by atoms with Gasteiger partial charge >= 0.3 is 0 Å². The zero-order valence-electron chi connectivity index (χ0n) is 17.1. The van der Waals surface area contributed by atoms with E-state index in [9.17, 15) is 13.2 Å². The highest BCUT2D eigenvalue weighted by atomic mass is 32.2. The van der Waals surface area contributed by atoms with Gasteiger partial charge in [-0.3, -0.25) is 9.10 Å². The number of sulfonamides is 1. The lowest BCUT2D eigenvalue weighted by molar-refractivity contribution is 0.0951. The molecule has 156 valence electrons. The molecule has 3 aromatic carbocycles. The summed E-state index contributed by atoms with van der Waals surface area (Å²) in [4.78, 5) is 13.0. The van der Waals surface area contributed by atoms with Crippen LogP contribution in [0.3, 0.4) is 0 Å². The number of benzene rings is 3. The molecule has 3 rings (SSSR count). The van der Waals surface area contributed by atoms with Crippen LogP contribution in [-0.2, 0) is 16.6 Å². The van der Waals surface area contributed by atoms with Crippen LogP contribution in [-0.4, -0.2) is 28.5 Å². The average Bonchev–Trinajstić information content (AvgIpc) is 2.77. The number of para-hydroxylation sites is 2. The summed E-state index contributed by atoms with van der Waals surface area (Å²) in [5.74, 6) is 0.299. The van der Waals surface area contributed by atoms with Crippen molar-refractivity contribution in [1.82, 2.24) is 5.32 Å². The third-order valence-electron chi connectivity index (χ3n) is 4.80. The van der Waals surface area contributed by atoms with Crippen molar-refractivity contribution < 1.29 is 17.9 Å². The number of nitrogens with zero attached hydrogens (tertiary/aromatic N) is 1. The fourth-order valence-electron chi connectivity index (χ4n) is 3.06. The molecule has 0 heterocycles. The molecule has 0 aliphatic carbocycles. The van der Waals surface area contributed by atoms with Crippen molar-refractivity contribution in [2.24, 2.45) is 0 Å². The van der Waals surface area contributed by atoms with Gasteiger partial charge in [0.1, 0.15) is 5.75 Å². The highest BCUT2D eigenvalue weighted by molar-refractivity contribution is 7.92. The van der Waals surface area contributed by atoms with Crippen molar-refractivity contribution in [2.75, 3.05) is 18.5 Å². The Balaban J connectivity index is 1.86. The van der Waals surface area contributed by atoms with Crippen LogP contribution in [0.4, 0.5) is 5.69 Å².